The van der Waals surface area contributed by atoms with E-state index in [1.165, 1.54) is 180 Å². The highest BCUT2D eigenvalue weighted by atomic mass is 31.2. The third kappa shape index (κ3) is 57.9. The van der Waals surface area contributed by atoms with Crippen LogP contribution in [0.2, 0.25) is 0 Å². The summed E-state index contributed by atoms with van der Waals surface area (Å²) in [5.41, 5.74) is 0. The molecule has 0 radical (unpaired) electrons. The van der Waals surface area contributed by atoms with Crippen LogP contribution < -0.4 is 0 Å². The Balaban J connectivity index is 4.72. The van der Waals surface area contributed by atoms with Crippen molar-refractivity contribution in [2.45, 2.75) is 315 Å². The number of carbonyl (C=O) groups excluding carboxylic acids is 3. The molecule has 0 aliphatic carbocycles. The fourth-order valence-electron chi connectivity index (χ4n) is 9.14. The van der Waals surface area contributed by atoms with E-state index in [0.717, 1.165) is 64.2 Å². The lowest BCUT2D eigenvalue weighted by Crippen LogP contribution is -2.30. The summed E-state index contributed by atoms with van der Waals surface area (Å²) in [6, 6.07) is 0. The van der Waals surface area contributed by atoms with Crippen molar-refractivity contribution in [1.82, 2.24) is 0 Å². The minimum atomic E-state index is -4.77. The van der Waals surface area contributed by atoms with Crippen LogP contribution in [-0.4, -0.2) is 66.5 Å². The van der Waals surface area contributed by atoms with E-state index < -0.39 is 57.8 Å². The van der Waals surface area contributed by atoms with Crippen LogP contribution in [0.15, 0.2) is 60.8 Å². The number of hydrogen-bond donors (Lipinski definition) is 2. The summed E-state index contributed by atoms with van der Waals surface area (Å²) in [4.78, 5) is 48.6. The highest BCUT2D eigenvalue weighted by molar-refractivity contribution is 7.47. The molecular weight excluding hydrogens is 1000 g/mol. The van der Waals surface area contributed by atoms with Crippen LogP contribution in [0, 0.1) is 0 Å². The average Bonchev–Trinajstić information content (AvgIpc) is 3.43. The van der Waals surface area contributed by atoms with Crippen molar-refractivity contribution in [3.05, 3.63) is 60.8 Å². The first-order chi connectivity index (χ1) is 38.2. The Kier molecular flexibility index (Phi) is 58.1. The van der Waals surface area contributed by atoms with Crippen LogP contribution in [0.1, 0.15) is 303 Å². The van der Waals surface area contributed by atoms with Crippen LogP contribution in [0.5, 0.6) is 0 Å². The molecule has 3 unspecified atom stereocenters. The number of aliphatic hydroxyl groups is 1. The van der Waals surface area contributed by atoms with E-state index in [9.17, 15) is 28.9 Å². The fraction of sp³-hybridized carbons (Fsp3) is 0.803. The van der Waals surface area contributed by atoms with Crippen LogP contribution >= 0.6 is 7.82 Å². The van der Waals surface area contributed by atoms with Gasteiger partial charge in [-0.1, -0.05) is 300 Å². The number of allylic oxidation sites excluding steroid dienone is 9. The van der Waals surface area contributed by atoms with Gasteiger partial charge in [0.2, 0.25) is 0 Å². The van der Waals surface area contributed by atoms with Crippen LogP contribution in [0.25, 0.3) is 0 Å². The van der Waals surface area contributed by atoms with Crippen LogP contribution in [0.3, 0.4) is 0 Å². The molecule has 0 bridgehead atoms. The van der Waals surface area contributed by atoms with Gasteiger partial charge in [-0.15, -0.1) is 0 Å². The van der Waals surface area contributed by atoms with Gasteiger partial charge in [0.1, 0.15) is 12.7 Å². The number of unbranched alkanes of at least 4 members (excludes halogenated alkanes) is 34. The molecule has 0 amide bonds. The Morgan fingerprint density at radius 1 is 0.372 bits per heavy atom. The largest absolute Gasteiger partial charge is 0.472 e. The summed E-state index contributed by atoms with van der Waals surface area (Å²) in [7, 11) is -4.77. The third-order valence-electron chi connectivity index (χ3n) is 14.0. The average molecular weight is 1120 g/mol. The molecule has 0 saturated heterocycles. The van der Waals surface area contributed by atoms with E-state index >= 15 is 0 Å². The maximum absolute atomic E-state index is 12.9. The highest BCUT2D eigenvalue weighted by Crippen LogP contribution is 2.43. The summed E-state index contributed by atoms with van der Waals surface area (Å²) in [6.07, 6.45) is 67.8. The first-order valence-corrected chi connectivity index (χ1v) is 33.7. The van der Waals surface area contributed by atoms with Crippen molar-refractivity contribution >= 4 is 25.7 Å². The smallest absolute Gasteiger partial charge is 0.461 e. The lowest BCUT2D eigenvalue weighted by Gasteiger charge is -2.21. The Hall–Kier alpha value is -2.82. The second-order valence-electron chi connectivity index (χ2n) is 21.6. The molecule has 0 heterocycles. The first-order valence-electron chi connectivity index (χ1n) is 32.2. The van der Waals surface area contributed by atoms with Crippen molar-refractivity contribution in [3.8, 4) is 0 Å². The molecule has 0 spiro atoms. The van der Waals surface area contributed by atoms with Crippen molar-refractivity contribution < 1.29 is 52.2 Å². The quantitative estimate of drug-likeness (QED) is 0.0197. The summed E-state index contributed by atoms with van der Waals surface area (Å²) in [5.74, 6) is -1.59. The number of ether oxygens (including phenoxy) is 3. The Morgan fingerprint density at radius 2 is 0.654 bits per heavy atom. The SMILES string of the molecule is CC/C=C\C/C=C\C/C=C\C/C=C\C/C=C\CC(=O)OCC(COP(=O)(O)OCC(CO)OC(=O)CCCCCCCCCCCCCCCCCCC)OC(=O)CCCCCCCCCCCCCCCCCCCCC. The van der Waals surface area contributed by atoms with Crippen LogP contribution in [-0.2, 0) is 42.2 Å². The van der Waals surface area contributed by atoms with Gasteiger partial charge in [-0.3, -0.25) is 23.4 Å². The van der Waals surface area contributed by atoms with E-state index in [2.05, 4.69) is 63.3 Å². The summed E-state index contributed by atoms with van der Waals surface area (Å²) in [6.45, 7) is 4.49. The van der Waals surface area contributed by atoms with Gasteiger partial charge >= 0.3 is 25.7 Å². The molecule has 3 atom stereocenters. The molecule has 12 heteroatoms. The zero-order valence-electron chi connectivity index (χ0n) is 50.4. The lowest BCUT2D eigenvalue weighted by atomic mass is 10.0. The minimum Gasteiger partial charge on any atom is -0.461 e. The number of aliphatic hydroxyl groups excluding tert-OH is 1. The Labute approximate surface area is 478 Å². The lowest BCUT2D eigenvalue weighted by molar-refractivity contribution is -0.161. The van der Waals surface area contributed by atoms with Gasteiger partial charge in [-0.25, -0.2) is 4.57 Å². The summed E-state index contributed by atoms with van der Waals surface area (Å²) < 4.78 is 39.6. The molecule has 454 valence electrons. The van der Waals surface area contributed by atoms with Gasteiger partial charge in [0, 0.05) is 12.8 Å². The predicted molar refractivity (Wildman–Crippen MR) is 325 cm³/mol. The third-order valence-corrected chi connectivity index (χ3v) is 14.9. The zero-order chi connectivity index (χ0) is 56.9. The molecule has 0 aliphatic heterocycles. The molecule has 0 aromatic rings. The van der Waals surface area contributed by atoms with Gasteiger partial charge in [0.25, 0.3) is 0 Å². The fourth-order valence-corrected chi connectivity index (χ4v) is 9.92. The monoisotopic (exact) mass is 1120 g/mol. The van der Waals surface area contributed by atoms with Crippen molar-refractivity contribution in [2.24, 2.45) is 0 Å². The molecule has 11 nitrogen and oxygen atoms in total. The molecule has 0 rings (SSSR count). The molecule has 0 aliphatic rings. The number of phosphoric ester groups is 1. The van der Waals surface area contributed by atoms with Gasteiger partial charge in [-0.05, 0) is 44.9 Å². The van der Waals surface area contributed by atoms with Crippen molar-refractivity contribution in [2.75, 3.05) is 26.4 Å². The molecule has 0 fully saturated rings. The highest BCUT2D eigenvalue weighted by Gasteiger charge is 2.28. The maximum Gasteiger partial charge on any atom is 0.472 e. The normalized spacial score (nSPS) is 13.7. The predicted octanol–water partition coefficient (Wildman–Crippen LogP) is 19.5. The van der Waals surface area contributed by atoms with E-state index in [0.29, 0.717) is 19.3 Å². The zero-order valence-corrected chi connectivity index (χ0v) is 51.3. The van der Waals surface area contributed by atoms with Gasteiger partial charge in [0.05, 0.1) is 26.2 Å². The standard InChI is InChI=1S/C66H119O11P/c1-4-7-10-13-16-19-22-25-28-30-31-33-36-39-42-45-48-51-54-57-66(70)77-63(59-73-64(68)55-52-49-46-43-40-37-34-27-24-21-18-15-12-9-6-3)61-75-78(71,72)74-60-62(58-67)76-65(69)56-53-50-47-44-41-38-35-32-29-26-23-20-17-14-11-8-5-2/h9,12,18,21,27,34,40,43,49,52,62-63,67H,4-8,10-11,13-17,19-20,22-26,28-33,35-39,41-42,44-48,50-51,53-61H2,1-3H3,(H,71,72)/b12-9-,21-18-,34-27-,43-40-,52-49-. The van der Waals surface area contributed by atoms with E-state index in [-0.39, 0.29) is 25.9 Å². The van der Waals surface area contributed by atoms with Crippen LogP contribution in [0.4, 0.5) is 0 Å². The number of carbonyl (C=O) groups is 3. The molecule has 0 aromatic carbocycles. The second kappa shape index (κ2) is 60.3. The maximum atomic E-state index is 12.9. The summed E-state index contributed by atoms with van der Waals surface area (Å²) >= 11 is 0. The molecule has 78 heavy (non-hydrogen) atoms. The van der Waals surface area contributed by atoms with Gasteiger partial charge < -0.3 is 24.2 Å². The minimum absolute atomic E-state index is 0.00319. The topological polar surface area (TPSA) is 155 Å². The van der Waals surface area contributed by atoms with E-state index in [1.54, 1.807) is 6.08 Å². The Morgan fingerprint density at radius 3 is 0.974 bits per heavy atom. The molecular formula is C66H119O11P. The van der Waals surface area contributed by atoms with Crippen molar-refractivity contribution in [3.63, 3.8) is 0 Å². The number of rotatable bonds is 60. The van der Waals surface area contributed by atoms with Gasteiger partial charge in [-0.2, -0.15) is 0 Å². The molecule has 2 N–H and O–H groups in total. The number of hydrogen-bond acceptors (Lipinski definition) is 10. The second-order valence-corrected chi connectivity index (χ2v) is 23.0. The number of esters is 3. The van der Waals surface area contributed by atoms with E-state index in [1.807, 2.05) is 12.2 Å². The summed E-state index contributed by atoms with van der Waals surface area (Å²) in [5, 5.41) is 9.85. The molecule has 0 saturated carbocycles. The molecule has 0 aromatic heterocycles. The van der Waals surface area contributed by atoms with Crippen molar-refractivity contribution in [1.29, 1.82) is 0 Å². The number of phosphoric acid groups is 1. The first kappa shape index (κ1) is 75.2. The van der Waals surface area contributed by atoms with E-state index in [4.69, 9.17) is 23.3 Å². The van der Waals surface area contributed by atoms with Gasteiger partial charge in [0.15, 0.2) is 6.10 Å². The Bertz CT molecular complexity index is 1540.